The highest BCUT2D eigenvalue weighted by atomic mass is 16.6. The first-order valence-corrected chi connectivity index (χ1v) is 19.3. The lowest BCUT2D eigenvalue weighted by atomic mass is 9.94. The van der Waals surface area contributed by atoms with Gasteiger partial charge in [-0.25, -0.2) is 9.59 Å². The van der Waals surface area contributed by atoms with Crippen molar-refractivity contribution in [1.82, 2.24) is 24.7 Å². The number of amides is 2. The van der Waals surface area contributed by atoms with Crippen LogP contribution in [-0.2, 0) is 27.3 Å². The highest BCUT2D eigenvalue weighted by Crippen LogP contribution is 2.25. The molecule has 296 valence electrons. The standard InChI is InChI=1S/C39H64N8O6/c1-38(2,3)52-36(49)46(16-11-17-47(32-14-8-7-9-15-32)37(50)53-39(4,5)6)29-31-13-10-12-30(26-31)28-41-35-42-33(40)27-34(43-35)45-20-18-44(19-21-45)22-24-51-25-23-48/h10,12-13,26-27,32,48H,7-9,11,14-25,28-29H2,1-6H3,(H3,40,41,42,43). The SMILES string of the molecule is CC(C)(C)OC(=O)N(CCCN(C(=O)OC(C)(C)C)C1CCCCC1)Cc1cccc(CNc2nc(N)cc(N3CCN(CCOCCO)CC3)n2)c1. The number of aromatic nitrogens is 2. The first-order valence-electron chi connectivity index (χ1n) is 19.3. The van der Waals surface area contributed by atoms with E-state index in [2.05, 4.69) is 26.2 Å². The number of ether oxygens (including phenoxy) is 3. The fraction of sp³-hybridized carbons (Fsp3) is 0.692. The molecule has 2 aromatic rings. The molecule has 1 aliphatic carbocycles. The number of nitrogen functional groups attached to an aromatic ring is 1. The Morgan fingerprint density at radius 2 is 1.58 bits per heavy atom. The number of rotatable bonds is 16. The van der Waals surface area contributed by atoms with Crippen molar-refractivity contribution in [3.05, 3.63) is 41.5 Å². The van der Waals surface area contributed by atoms with Crippen LogP contribution in [0.2, 0.25) is 0 Å². The van der Waals surface area contributed by atoms with Gasteiger partial charge in [-0.15, -0.1) is 0 Å². The summed E-state index contributed by atoms with van der Waals surface area (Å²) in [5, 5.41) is 12.2. The van der Waals surface area contributed by atoms with Crippen molar-refractivity contribution in [2.45, 2.75) is 110 Å². The van der Waals surface area contributed by atoms with Crippen molar-refractivity contribution in [3.63, 3.8) is 0 Å². The van der Waals surface area contributed by atoms with Crippen LogP contribution in [0.5, 0.6) is 0 Å². The van der Waals surface area contributed by atoms with E-state index >= 15 is 0 Å². The number of aliphatic hydroxyl groups excluding tert-OH is 1. The number of piperazine rings is 1. The maximum atomic E-state index is 13.5. The van der Waals surface area contributed by atoms with Gasteiger partial charge in [-0.05, 0) is 71.9 Å². The average Bonchev–Trinajstić information content (AvgIpc) is 3.09. The van der Waals surface area contributed by atoms with Crippen LogP contribution >= 0.6 is 0 Å². The Kier molecular flexibility index (Phi) is 15.8. The molecule has 1 saturated carbocycles. The fourth-order valence-electron chi connectivity index (χ4n) is 6.62. The molecule has 2 amide bonds. The predicted molar refractivity (Wildman–Crippen MR) is 208 cm³/mol. The second kappa shape index (κ2) is 20.0. The first kappa shape index (κ1) is 41.9. The number of hydrogen-bond donors (Lipinski definition) is 3. The molecule has 0 atom stereocenters. The number of nitrogens with one attached hydrogen (secondary N) is 1. The molecule has 4 N–H and O–H groups in total. The van der Waals surface area contributed by atoms with Crippen molar-refractivity contribution >= 4 is 29.8 Å². The minimum Gasteiger partial charge on any atom is -0.444 e. The summed E-state index contributed by atoms with van der Waals surface area (Å²) in [5.74, 6) is 1.63. The number of anilines is 3. The van der Waals surface area contributed by atoms with Crippen LogP contribution in [-0.4, -0.2) is 125 Å². The third-order valence-corrected chi connectivity index (χ3v) is 9.15. The van der Waals surface area contributed by atoms with E-state index in [9.17, 15) is 9.59 Å². The molecule has 53 heavy (non-hydrogen) atoms. The second-order valence-electron chi connectivity index (χ2n) is 16.0. The van der Waals surface area contributed by atoms with Crippen molar-refractivity contribution in [3.8, 4) is 0 Å². The molecule has 0 radical (unpaired) electrons. The highest BCUT2D eigenvalue weighted by Gasteiger charge is 2.30. The summed E-state index contributed by atoms with van der Waals surface area (Å²) < 4.78 is 17.0. The third-order valence-electron chi connectivity index (χ3n) is 9.15. The molecule has 2 fully saturated rings. The molecule has 0 spiro atoms. The lowest BCUT2D eigenvalue weighted by molar-refractivity contribution is 0.00969. The van der Waals surface area contributed by atoms with E-state index < -0.39 is 11.2 Å². The molecule has 2 aliphatic rings. The summed E-state index contributed by atoms with van der Waals surface area (Å²) in [4.78, 5) is 44.1. The van der Waals surface area contributed by atoms with Gasteiger partial charge in [0.2, 0.25) is 5.95 Å². The van der Waals surface area contributed by atoms with Gasteiger partial charge in [0, 0.05) is 71.0 Å². The maximum Gasteiger partial charge on any atom is 0.410 e. The lowest BCUT2D eigenvalue weighted by Gasteiger charge is -2.36. The van der Waals surface area contributed by atoms with Crippen molar-refractivity contribution in [1.29, 1.82) is 0 Å². The summed E-state index contributed by atoms with van der Waals surface area (Å²) in [6.45, 7) is 18.2. The molecule has 1 aliphatic heterocycles. The molecule has 1 saturated heterocycles. The van der Waals surface area contributed by atoms with Crippen LogP contribution in [0.1, 0.15) is 91.2 Å². The monoisotopic (exact) mass is 740 g/mol. The van der Waals surface area contributed by atoms with Gasteiger partial charge in [0.05, 0.1) is 19.8 Å². The fourth-order valence-corrected chi connectivity index (χ4v) is 6.62. The molecule has 2 heterocycles. The summed E-state index contributed by atoms with van der Waals surface area (Å²) >= 11 is 0. The summed E-state index contributed by atoms with van der Waals surface area (Å²) in [5.41, 5.74) is 6.94. The number of carbonyl (C=O) groups excluding carboxylic acids is 2. The van der Waals surface area contributed by atoms with Crippen LogP contribution in [0.15, 0.2) is 30.3 Å². The van der Waals surface area contributed by atoms with Crippen LogP contribution in [0.25, 0.3) is 0 Å². The third kappa shape index (κ3) is 14.8. The Morgan fingerprint density at radius 3 is 2.26 bits per heavy atom. The molecule has 0 bridgehead atoms. The molecule has 1 aromatic heterocycles. The zero-order chi connectivity index (χ0) is 38.4. The number of hydrogen-bond acceptors (Lipinski definition) is 12. The minimum atomic E-state index is -0.648. The average molecular weight is 741 g/mol. The van der Waals surface area contributed by atoms with E-state index in [0.29, 0.717) is 57.6 Å². The van der Waals surface area contributed by atoms with E-state index in [4.69, 9.17) is 30.0 Å². The summed E-state index contributed by atoms with van der Waals surface area (Å²) in [7, 11) is 0. The Balaban J connectivity index is 1.37. The molecular formula is C39H64N8O6. The van der Waals surface area contributed by atoms with E-state index in [1.165, 1.54) is 6.42 Å². The van der Waals surface area contributed by atoms with Gasteiger partial charge in [0.15, 0.2) is 0 Å². The van der Waals surface area contributed by atoms with Gasteiger partial charge in [0.1, 0.15) is 22.8 Å². The number of aliphatic hydroxyl groups is 1. The lowest BCUT2D eigenvalue weighted by Crippen LogP contribution is -2.47. The molecular weight excluding hydrogens is 676 g/mol. The zero-order valence-corrected chi connectivity index (χ0v) is 32.9. The maximum absolute atomic E-state index is 13.5. The second-order valence-corrected chi connectivity index (χ2v) is 16.0. The molecule has 0 unspecified atom stereocenters. The number of carbonyl (C=O) groups is 2. The van der Waals surface area contributed by atoms with E-state index in [0.717, 1.165) is 75.4 Å². The van der Waals surface area contributed by atoms with Gasteiger partial charge in [-0.1, -0.05) is 43.5 Å². The van der Waals surface area contributed by atoms with Gasteiger partial charge >= 0.3 is 12.2 Å². The smallest absolute Gasteiger partial charge is 0.410 e. The van der Waals surface area contributed by atoms with Gasteiger partial charge in [-0.2, -0.15) is 9.97 Å². The van der Waals surface area contributed by atoms with Crippen LogP contribution in [0.4, 0.5) is 27.2 Å². The van der Waals surface area contributed by atoms with Gasteiger partial charge in [0.25, 0.3) is 0 Å². The van der Waals surface area contributed by atoms with Crippen molar-refractivity contribution < 1.29 is 28.9 Å². The van der Waals surface area contributed by atoms with Crippen LogP contribution in [0.3, 0.4) is 0 Å². The van der Waals surface area contributed by atoms with E-state index in [-0.39, 0.29) is 24.8 Å². The number of nitrogens with zero attached hydrogens (tertiary/aromatic N) is 6. The van der Waals surface area contributed by atoms with E-state index in [1.54, 1.807) is 11.0 Å². The van der Waals surface area contributed by atoms with Gasteiger partial charge in [-0.3, -0.25) is 4.90 Å². The van der Waals surface area contributed by atoms with Crippen molar-refractivity contribution in [2.75, 3.05) is 81.6 Å². The molecule has 4 rings (SSSR count). The van der Waals surface area contributed by atoms with Crippen molar-refractivity contribution in [2.24, 2.45) is 0 Å². The Morgan fingerprint density at radius 1 is 0.906 bits per heavy atom. The minimum absolute atomic E-state index is 0.0384. The first-order chi connectivity index (χ1) is 25.2. The largest absolute Gasteiger partial charge is 0.444 e. The van der Waals surface area contributed by atoms with Crippen LogP contribution in [0, 0.1) is 0 Å². The number of benzene rings is 1. The Labute approximate surface area is 316 Å². The Bertz CT molecular complexity index is 1430. The molecule has 14 heteroatoms. The summed E-state index contributed by atoms with van der Waals surface area (Å²) in [6, 6.07) is 10.0. The molecule has 1 aromatic carbocycles. The predicted octanol–water partition coefficient (Wildman–Crippen LogP) is 5.50. The quantitative estimate of drug-likeness (QED) is 0.186. The summed E-state index contributed by atoms with van der Waals surface area (Å²) in [6.07, 6.45) is 5.26. The Hall–Kier alpha value is -3.88. The number of nitrogens with two attached hydrogens (primary N) is 1. The molecule has 14 nitrogen and oxygen atoms in total. The van der Waals surface area contributed by atoms with E-state index in [1.807, 2.05) is 64.6 Å². The zero-order valence-electron chi connectivity index (χ0n) is 32.9. The normalized spacial score (nSPS) is 15.9. The van der Waals surface area contributed by atoms with Crippen LogP contribution < -0.4 is 16.0 Å². The highest BCUT2D eigenvalue weighted by molar-refractivity contribution is 5.69. The van der Waals surface area contributed by atoms with Gasteiger partial charge < -0.3 is 45.1 Å². The topological polar surface area (TPSA) is 159 Å².